The maximum Gasteiger partial charge on any atom is 0.251 e. The molecule has 1 rings (SSSR count). The number of aliphatic hydroxyl groups is 2. The van der Waals surface area contributed by atoms with Crippen LogP contribution in [0.4, 0.5) is 0 Å². The standard InChI is InChI=1S/C19H29N3O7/c1-2-28-9-10-29-8-5-22-19(27)16-12-14(17(25)20-3-6-23)11-15(13-16)18(26)21-4-7-24/h11-13,23-24H,2-10H2,1H3,(H,20,25)(H,21,26)(H,22,27). The molecular weight excluding hydrogens is 382 g/mol. The van der Waals surface area contributed by atoms with Crippen LogP contribution in [-0.4, -0.2) is 87.2 Å². The Morgan fingerprint density at radius 2 is 1.14 bits per heavy atom. The monoisotopic (exact) mass is 411 g/mol. The topological polar surface area (TPSA) is 146 Å². The Bertz CT molecular complexity index is 629. The SMILES string of the molecule is CCOCCOCCNC(=O)c1cc(C(=O)NCCO)cc(C(=O)NCCO)c1. The molecular formula is C19H29N3O7. The van der Waals surface area contributed by atoms with Gasteiger partial charge in [0.2, 0.25) is 0 Å². The van der Waals surface area contributed by atoms with Crippen LogP contribution in [0, 0.1) is 0 Å². The van der Waals surface area contributed by atoms with E-state index in [4.69, 9.17) is 19.7 Å². The van der Waals surface area contributed by atoms with E-state index in [2.05, 4.69) is 16.0 Å². The first-order chi connectivity index (χ1) is 14.0. The van der Waals surface area contributed by atoms with Crippen molar-refractivity contribution in [2.45, 2.75) is 6.92 Å². The molecule has 1 aromatic carbocycles. The smallest absolute Gasteiger partial charge is 0.251 e. The lowest BCUT2D eigenvalue weighted by Gasteiger charge is -2.11. The van der Waals surface area contributed by atoms with E-state index in [1.165, 1.54) is 18.2 Å². The van der Waals surface area contributed by atoms with Crippen molar-refractivity contribution in [2.75, 3.05) is 59.3 Å². The number of ether oxygens (including phenoxy) is 2. The third kappa shape index (κ3) is 9.48. The summed E-state index contributed by atoms with van der Waals surface area (Å²) in [6.07, 6.45) is 0. The minimum absolute atomic E-state index is 0.0420. The number of hydrogen-bond acceptors (Lipinski definition) is 7. The van der Waals surface area contributed by atoms with Gasteiger partial charge >= 0.3 is 0 Å². The summed E-state index contributed by atoms with van der Waals surface area (Å²) in [6, 6.07) is 4.06. The lowest BCUT2D eigenvalue weighted by Crippen LogP contribution is -2.31. The minimum atomic E-state index is -0.524. The number of amides is 3. The molecule has 0 unspecified atom stereocenters. The van der Waals surface area contributed by atoms with Crippen LogP contribution in [0.5, 0.6) is 0 Å². The van der Waals surface area contributed by atoms with Gasteiger partial charge in [0.25, 0.3) is 17.7 Å². The minimum Gasteiger partial charge on any atom is -0.395 e. The number of benzene rings is 1. The summed E-state index contributed by atoms with van der Waals surface area (Å²) in [7, 11) is 0. The Kier molecular flexibility index (Phi) is 12.2. The largest absolute Gasteiger partial charge is 0.395 e. The number of rotatable bonds is 14. The number of carbonyl (C=O) groups excluding carboxylic acids is 3. The van der Waals surface area contributed by atoms with E-state index in [9.17, 15) is 14.4 Å². The van der Waals surface area contributed by atoms with Gasteiger partial charge in [-0.3, -0.25) is 14.4 Å². The third-order valence-corrected chi connectivity index (χ3v) is 3.62. The number of nitrogens with one attached hydrogen (secondary N) is 3. The Hall–Kier alpha value is -2.53. The molecule has 0 aromatic heterocycles. The van der Waals surface area contributed by atoms with E-state index in [-0.39, 0.29) is 49.5 Å². The molecule has 162 valence electrons. The molecule has 1 aromatic rings. The summed E-state index contributed by atoms with van der Waals surface area (Å²) >= 11 is 0. The molecule has 5 N–H and O–H groups in total. The highest BCUT2D eigenvalue weighted by Gasteiger charge is 2.16. The summed E-state index contributed by atoms with van der Waals surface area (Å²) < 4.78 is 10.5. The fraction of sp³-hybridized carbons (Fsp3) is 0.526. The predicted molar refractivity (Wildman–Crippen MR) is 105 cm³/mol. The van der Waals surface area contributed by atoms with Crippen molar-refractivity contribution in [3.8, 4) is 0 Å². The first kappa shape index (κ1) is 24.5. The molecule has 0 aliphatic rings. The summed E-state index contributed by atoms with van der Waals surface area (Å²) in [5.74, 6) is -1.51. The average Bonchev–Trinajstić information content (AvgIpc) is 2.74. The maximum absolute atomic E-state index is 12.4. The van der Waals surface area contributed by atoms with Crippen molar-refractivity contribution >= 4 is 17.7 Å². The van der Waals surface area contributed by atoms with Crippen LogP contribution in [0.3, 0.4) is 0 Å². The highest BCUT2D eigenvalue weighted by Crippen LogP contribution is 2.11. The lowest BCUT2D eigenvalue weighted by atomic mass is 10.0. The van der Waals surface area contributed by atoms with Crippen LogP contribution in [0.2, 0.25) is 0 Å². The van der Waals surface area contributed by atoms with Crippen molar-refractivity contribution in [1.29, 1.82) is 0 Å². The molecule has 0 saturated heterocycles. The van der Waals surface area contributed by atoms with E-state index in [0.29, 0.717) is 26.4 Å². The van der Waals surface area contributed by atoms with Crippen molar-refractivity contribution in [3.05, 3.63) is 34.9 Å². The van der Waals surface area contributed by atoms with Crippen molar-refractivity contribution in [3.63, 3.8) is 0 Å². The number of carbonyl (C=O) groups is 3. The van der Waals surface area contributed by atoms with Gasteiger partial charge < -0.3 is 35.6 Å². The average molecular weight is 411 g/mol. The second kappa shape index (κ2) is 14.5. The molecule has 0 fully saturated rings. The normalized spacial score (nSPS) is 10.4. The quantitative estimate of drug-likeness (QED) is 0.245. The van der Waals surface area contributed by atoms with E-state index in [1.54, 1.807) is 0 Å². The third-order valence-electron chi connectivity index (χ3n) is 3.62. The molecule has 0 aliphatic carbocycles. The van der Waals surface area contributed by atoms with E-state index < -0.39 is 17.7 Å². The molecule has 0 radical (unpaired) electrons. The van der Waals surface area contributed by atoms with Gasteiger partial charge in [-0.15, -0.1) is 0 Å². The number of aliphatic hydroxyl groups excluding tert-OH is 2. The van der Waals surface area contributed by atoms with Crippen molar-refractivity contribution < 1.29 is 34.1 Å². The Morgan fingerprint density at radius 3 is 1.55 bits per heavy atom. The fourth-order valence-electron chi connectivity index (χ4n) is 2.27. The van der Waals surface area contributed by atoms with Crippen LogP contribution in [0.25, 0.3) is 0 Å². The van der Waals surface area contributed by atoms with Crippen LogP contribution >= 0.6 is 0 Å². The number of hydrogen-bond donors (Lipinski definition) is 5. The Labute approximate surface area is 169 Å². The lowest BCUT2D eigenvalue weighted by molar-refractivity contribution is 0.0531. The Morgan fingerprint density at radius 1 is 0.724 bits per heavy atom. The molecule has 3 amide bonds. The van der Waals surface area contributed by atoms with Crippen LogP contribution in [0.15, 0.2) is 18.2 Å². The van der Waals surface area contributed by atoms with Gasteiger partial charge in [-0.2, -0.15) is 0 Å². The van der Waals surface area contributed by atoms with E-state index in [0.717, 1.165) is 0 Å². The first-order valence-corrected chi connectivity index (χ1v) is 9.40. The second-order valence-corrected chi connectivity index (χ2v) is 5.82. The summed E-state index contributed by atoms with van der Waals surface area (Å²) in [4.78, 5) is 36.8. The molecule has 0 bridgehead atoms. The van der Waals surface area contributed by atoms with Crippen LogP contribution < -0.4 is 16.0 Å². The first-order valence-electron chi connectivity index (χ1n) is 9.40. The van der Waals surface area contributed by atoms with Gasteiger partial charge in [0, 0.05) is 42.9 Å². The van der Waals surface area contributed by atoms with Crippen molar-refractivity contribution in [2.24, 2.45) is 0 Å². The molecule has 0 atom stereocenters. The van der Waals surface area contributed by atoms with Gasteiger partial charge in [-0.1, -0.05) is 0 Å². The molecule has 0 saturated carbocycles. The molecule has 10 heteroatoms. The summed E-state index contributed by atoms with van der Waals surface area (Å²) in [5.41, 5.74) is 0.339. The van der Waals surface area contributed by atoms with Crippen molar-refractivity contribution in [1.82, 2.24) is 16.0 Å². The molecule has 10 nitrogen and oxygen atoms in total. The van der Waals surface area contributed by atoms with Gasteiger partial charge in [-0.05, 0) is 25.1 Å². The van der Waals surface area contributed by atoms with Gasteiger partial charge in [0.05, 0.1) is 33.0 Å². The highest BCUT2D eigenvalue weighted by atomic mass is 16.5. The fourth-order valence-corrected chi connectivity index (χ4v) is 2.27. The van der Waals surface area contributed by atoms with Gasteiger partial charge in [0.1, 0.15) is 0 Å². The zero-order chi connectivity index (χ0) is 21.5. The zero-order valence-corrected chi connectivity index (χ0v) is 16.5. The highest BCUT2D eigenvalue weighted by molar-refractivity contribution is 6.04. The van der Waals surface area contributed by atoms with Crippen LogP contribution in [0.1, 0.15) is 38.0 Å². The Balaban J connectivity index is 2.80. The molecule has 29 heavy (non-hydrogen) atoms. The summed E-state index contributed by atoms with van der Waals surface area (Å²) in [6.45, 7) is 3.53. The van der Waals surface area contributed by atoms with E-state index in [1.807, 2.05) is 6.92 Å². The second-order valence-electron chi connectivity index (χ2n) is 5.82. The van der Waals surface area contributed by atoms with E-state index >= 15 is 0 Å². The molecule has 0 heterocycles. The summed E-state index contributed by atoms with van der Waals surface area (Å²) in [5, 5.41) is 25.3. The van der Waals surface area contributed by atoms with Crippen LogP contribution in [-0.2, 0) is 9.47 Å². The maximum atomic E-state index is 12.4. The molecule has 0 spiro atoms. The van der Waals surface area contributed by atoms with Gasteiger partial charge in [0.15, 0.2) is 0 Å². The van der Waals surface area contributed by atoms with Gasteiger partial charge in [-0.25, -0.2) is 0 Å². The predicted octanol–water partition coefficient (Wildman–Crippen LogP) is -1.09. The zero-order valence-electron chi connectivity index (χ0n) is 16.5. The molecule has 0 aliphatic heterocycles.